The van der Waals surface area contributed by atoms with Crippen molar-refractivity contribution in [3.63, 3.8) is 0 Å². The zero-order valence-corrected chi connectivity index (χ0v) is 11.2. The van der Waals surface area contributed by atoms with Gasteiger partial charge in [0.05, 0.1) is 14.2 Å². The van der Waals surface area contributed by atoms with Gasteiger partial charge in [-0.3, -0.25) is 5.41 Å². The normalized spacial score (nSPS) is 9.90. The molecule has 6 nitrogen and oxygen atoms in total. The van der Waals surface area contributed by atoms with Crippen molar-refractivity contribution in [1.82, 2.24) is 4.98 Å². The van der Waals surface area contributed by atoms with Crippen molar-refractivity contribution >= 4 is 5.84 Å². The second kappa shape index (κ2) is 5.92. The molecule has 20 heavy (non-hydrogen) atoms. The molecule has 0 spiro atoms. The Kier molecular flexibility index (Phi) is 4.05. The van der Waals surface area contributed by atoms with E-state index in [4.69, 9.17) is 25.4 Å². The maximum atomic E-state index is 7.41. The van der Waals surface area contributed by atoms with Crippen LogP contribution in [-0.4, -0.2) is 25.0 Å². The lowest BCUT2D eigenvalue weighted by atomic mass is 10.2. The molecule has 2 rings (SSSR count). The topological polar surface area (TPSA) is 90.5 Å². The number of para-hydroxylation sites is 1. The third-order valence-corrected chi connectivity index (χ3v) is 2.64. The third-order valence-electron chi connectivity index (χ3n) is 2.64. The molecule has 0 saturated carbocycles. The summed E-state index contributed by atoms with van der Waals surface area (Å²) in [6.45, 7) is 0. The molecular weight excluding hydrogens is 258 g/mol. The van der Waals surface area contributed by atoms with E-state index in [0.29, 0.717) is 28.7 Å². The fourth-order valence-corrected chi connectivity index (χ4v) is 1.66. The maximum absolute atomic E-state index is 7.41. The summed E-state index contributed by atoms with van der Waals surface area (Å²) in [5.74, 6) is 1.73. The largest absolute Gasteiger partial charge is 0.493 e. The zero-order chi connectivity index (χ0) is 14.5. The number of nitrogens with one attached hydrogen (secondary N) is 1. The van der Waals surface area contributed by atoms with Crippen LogP contribution >= 0.6 is 0 Å². The Labute approximate surface area is 116 Å². The molecule has 0 bridgehead atoms. The molecule has 2 aromatic rings. The lowest BCUT2D eigenvalue weighted by Gasteiger charge is -2.13. The predicted molar refractivity (Wildman–Crippen MR) is 74.9 cm³/mol. The summed E-state index contributed by atoms with van der Waals surface area (Å²) < 4.78 is 16.2. The van der Waals surface area contributed by atoms with E-state index in [-0.39, 0.29) is 5.84 Å². The number of hydrogen-bond acceptors (Lipinski definition) is 5. The molecule has 0 aliphatic rings. The van der Waals surface area contributed by atoms with Crippen molar-refractivity contribution in [1.29, 1.82) is 5.41 Å². The minimum Gasteiger partial charge on any atom is -0.493 e. The minimum absolute atomic E-state index is 0.0516. The van der Waals surface area contributed by atoms with Gasteiger partial charge in [0.25, 0.3) is 0 Å². The van der Waals surface area contributed by atoms with Crippen molar-refractivity contribution in [2.24, 2.45) is 5.73 Å². The van der Waals surface area contributed by atoms with Crippen LogP contribution in [0.5, 0.6) is 23.1 Å². The number of benzene rings is 1. The summed E-state index contributed by atoms with van der Waals surface area (Å²) in [4.78, 5) is 4.08. The van der Waals surface area contributed by atoms with Crippen LogP contribution in [0.4, 0.5) is 0 Å². The molecule has 0 aliphatic heterocycles. The third kappa shape index (κ3) is 2.80. The highest BCUT2D eigenvalue weighted by atomic mass is 16.5. The summed E-state index contributed by atoms with van der Waals surface area (Å²) in [6.07, 6.45) is 1.52. The summed E-state index contributed by atoms with van der Waals surface area (Å²) in [6, 6.07) is 8.52. The number of nitrogens with two attached hydrogens (primary N) is 1. The number of hydrogen-bond donors (Lipinski definition) is 2. The van der Waals surface area contributed by atoms with Crippen molar-refractivity contribution < 1.29 is 14.2 Å². The molecular formula is C14H15N3O3. The van der Waals surface area contributed by atoms with E-state index in [2.05, 4.69) is 4.98 Å². The van der Waals surface area contributed by atoms with Crippen LogP contribution in [0.3, 0.4) is 0 Å². The maximum Gasteiger partial charge on any atom is 0.220 e. The number of ether oxygens (including phenoxy) is 3. The average molecular weight is 273 g/mol. The van der Waals surface area contributed by atoms with Gasteiger partial charge in [-0.05, 0) is 18.2 Å². The lowest BCUT2D eigenvalue weighted by Crippen LogP contribution is -2.11. The van der Waals surface area contributed by atoms with Gasteiger partial charge in [-0.2, -0.15) is 0 Å². The molecule has 104 valence electrons. The molecule has 3 N–H and O–H groups in total. The van der Waals surface area contributed by atoms with Crippen LogP contribution in [0, 0.1) is 5.41 Å². The van der Waals surface area contributed by atoms with E-state index in [9.17, 15) is 0 Å². The fraction of sp³-hybridized carbons (Fsp3) is 0.143. The Morgan fingerprint density at radius 3 is 2.35 bits per heavy atom. The van der Waals surface area contributed by atoms with Crippen LogP contribution in [0.1, 0.15) is 5.56 Å². The molecule has 0 atom stereocenters. The van der Waals surface area contributed by atoms with Gasteiger partial charge in [0.2, 0.25) is 11.6 Å². The van der Waals surface area contributed by atoms with Gasteiger partial charge < -0.3 is 19.9 Å². The molecule has 6 heteroatoms. The van der Waals surface area contributed by atoms with Crippen molar-refractivity contribution in [3.8, 4) is 23.1 Å². The molecule has 0 aliphatic carbocycles. The number of aromatic nitrogens is 1. The van der Waals surface area contributed by atoms with Gasteiger partial charge in [-0.25, -0.2) is 4.98 Å². The number of pyridine rings is 1. The minimum atomic E-state index is -0.0516. The molecule has 0 saturated heterocycles. The first-order valence-corrected chi connectivity index (χ1v) is 5.85. The molecule has 0 amide bonds. The van der Waals surface area contributed by atoms with E-state index in [1.54, 1.807) is 44.6 Å². The van der Waals surface area contributed by atoms with E-state index < -0.39 is 0 Å². The zero-order valence-electron chi connectivity index (χ0n) is 11.2. The van der Waals surface area contributed by atoms with Crippen LogP contribution < -0.4 is 19.9 Å². The number of nitrogen functional groups attached to an aromatic ring is 1. The Balaban J connectivity index is 2.39. The number of amidine groups is 1. The highest BCUT2D eigenvalue weighted by Gasteiger charge is 2.13. The van der Waals surface area contributed by atoms with Gasteiger partial charge in [0.15, 0.2) is 11.5 Å². The van der Waals surface area contributed by atoms with Gasteiger partial charge in [-0.1, -0.05) is 6.07 Å². The van der Waals surface area contributed by atoms with Crippen LogP contribution in [-0.2, 0) is 0 Å². The van der Waals surface area contributed by atoms with Crippen LogP contribution in [0.25, 0.3) is 0 Å². The van der Waals surface area contributed by atoms with Gasteiger partial charge in [0.1, 0.15) is 5.84 Å². The fourth-order valence-electron chi connectivity index (χ4n) is 1.66. The second-order valence-corrected chi connectivity index (χ2v) is 3.89. The molecule has 0 fully saturated rings. The van der Waals surface area contributed by atoms with Crippen molar-refractivity contribution in [2.75, 3.05) is 14.2 Å². The molecule has 1 heterocycles. The summed E-state index contributed by atoms with van der Waals surface area (Å²) in [5.41, 5.74) is 5.97. The summed E-state index contributed by atoms with van der Waals surface area (Å²) >= 11 is 0. The Morgan fingerprint density at radius 1 is 1.15 bits per heavy atom. The average Bonchev–Trinajstić information content (AvgIpc) is 2.47. The predicted octanol–water partition coefficient (Wildman–Crippen LogP) is 2.18. The number of nitrogens with zero attached hydrogens (tertiary/aromatic N) is 1. The Hall–Kier alpha value is -2.76. The molecule has 0 radical (unpaired) electrons. The van der Waals surface area contributed by atoms with E-state index in [1.165, 1.54) is 6.20 Å². The first-order valence-electron chi connectivity index (χ1n) is 5.85. The highest BCUT2D eigenvalue weighted by molar-refractivity contribution is 5.95. The molecule has 0 unspecified atom stereocenters. The number of methoxy groups -OCH3 is 2. The van der Waals surface area contributed by atoms with Crippen LogP contribution in [0.2, 0.25) is 0 Å². The van der Waals surface area contributed by atoms with Crippen LogP contribution in [0.15, 0.2) is 36.5 Å². The van der Waals surface area contributed by atoms with Crippen molar-refractivity contribution in [3.05, 3.63) is 42.1 Å². The monoisotopic (exact) mass is 273 g/mol. The lowest BCUT2D eigenvalue weighted by molar-refractivity contribution is 0.342. The Morgan fingerprint density at radius 2 is 1.80 bits per heavy atom. The first kappa shape index (κ1) is 13.7. The van der Waals surface area contributed by atoms with E-state index >= 15 is 0 Å². The summed E-state index contributed by atoms with van der Waals surface area (Å²) in [5, 5.41) is 7.41. The molecule has 1 aromatic heterocycles. The number of rotatable bonds is 5. The standard InChI is InChI=1S/C14H15N3O3/c1-18-10-4-3-5-11(19-2)13(10)20-12-8-9(14(15)16)6-7-17-12/h3-8H,1-2H3,(H3,15,16). The van der Waals surface area contributed by atoms with E-state index in [1.807, 2.05) is 0 Å². The SMILES string of the molecule is COc1cccc(OC)c1Oc1cc(C(=N)N)ccn1. The Bertz CT molecular complexity index is 607. The van der Waals surface area contributed by atoms with Gasteiger partial charge in [-0.15, -0.1) is 0 Å². The van der Waals surface area contributed by atoms with Gasteiger partial charge >= 0.3 is 0 Å². The van der Waals surface area contributed by atoms with E-state index in [0.717, 1.165) is 0 Å². The summed E-state index contributed by atoms with van der Waals surface area (Å²) in [7, 11) is 3.09. The quantitative estimate of drug-likeness (QED) is 0.643. The van der Waals surface area contributed by atoms with Crippen molar-refractivity contribution in [2.45, 2.75) is 0 Å². The first-order chi connectivity index (χ1) is 9.65. The van der Waals surface area contributed by atoms with Gasteiger partial charge in [0, 0.05) is 17.8 Å². The molecule has 1 aromatic carbocycles. The highest BCUT2D eigenvalue weighted by Crippen LogP contribution is 2.39. The smallest absolute Gasteiger partial charge is 0.220 e. The second-order valence-electron chi connectivity index (χ2n) is 3.89.